The molecule has 0 bridgehead atoms. The van der Waals surface area contributed by atoms with Crippen LogP contribution < -0.4 is 4.74 Å². The Labute approximate surface area is 117 Å². The van der Waals surface area contributed by atoms with Crippen LogP contribution in [0.2, 0.25) is 0 Å². The maximum absolute atomic E-state index is 12.3. The van der Waals surface area contributed by atoms with Crippen molar-refractivity contribution in [3.63, 3.8) is 0 Å². The summed E-state index contributed by atoms with van der Waals surface area (Å²) in [7, 11) is 0. The molecule has 3 nitrogen and oxygen atoms in total. The van der Waals surface area contributed by atoms with Crippen molar-refractivity contribution in [2.24, 2.45) is 0 Å². The normalized spacial score (nSPS) is 9.55. The monoisotopic (exact) mass is 264 g/mol. The molecule has 2 rings (SSSR count). The van der Waals surface area contributed by atoms with E-state index in [-0.39, 0.29) is 12.4 Å². The van der Waals surface area contributed by atoms with Crippen LogP contribution in [0.4, 0.5) is 0 Å². The molecule has 0 heterocycles. The minimum atomic E-state index is -0.141. The smallest absolute Gasteiger partial charge is 0.193 e. The van der Waals surface area contributed by atoms with Crippen LogP contribution in [0, 0.1) is 12.3 Å². The van der Waals surface area contributed by atoms with Gasteiger partial charge in [-0.1, -0.05) is 36.3 Å². The molecule has 0 radical (unpaired) electrons. The molecule has 0 aliphatic rings. The molecule has 0 N–H and O–H groups in total. The van der Waals surface area contributed by atoms with E-state index in [4.69, 9.17) is 11.2 Å². The third-order valence-corrected chi connectivity index (χ3v) is 2.75. The number of ether oxygens (including phenoxy) is 1. The molecule has 20 heavy (non-hydrogen) atoms. The molecule has 0 saturated heterocycles. The molecule has 0 unspecified atom stereocenters. The van der Waals surface area contributed by atoms with Crippen molar-refractivity contribution >= 4 is 12.1 Å². The molecule has 2 aromatic rings. The van der Waals surface area contributed by atoms with Gasteiger partial charge in [-0.15, -0.1) is 6.42 Å². The maximum atomic E-state index is 12.3. The summed E-state index contributed by atoms with van der Waals surface area (Å²) in [5.74, 6) is 2.56. The van der Waals surface area contributed by atoms with Crippen LogP contribution >= 0.6 is 0 Å². The van der Waals surface area contributed by atoms with Crippen molar-refractivity contribution in [2.45, 2.75) is 0 Å². The molecule has 0 atom stereocenters. The highest BCUT2D eigenvalue weighted by Crippen LogP contribution is 2.20. The summed E-state index contributed by atoms with van der Waals surface area (Å²) < 4.78 is 5.24. The van der Waals surface area contributed by atoms with Gasteiger partial charge >= 0.3 is 0 Å². The Morgan fingerprint density at radius 2 is 1.90 bits per heavy atom. The van der Waals surface area contributed by atoms with Crippen molar-refractivity contribution in [1.82, 2.24) is 0 Å². The Morgan fingerprint density at radius 1 is 1.15 bits per heavy atom. The topological polar surface area (TPSA) is 43.4 Å². The number of carbonyl (C=O) groups excluding carboxylic acids is 2. The summed E-state index contributed by atoms with van der Waals surface area (Å²) in [5.41, 5.74) is 1.31. The average molecular weight is 264 g/mol. The highest BCUT2D eigenvalue weighted by atomic mass is 16.5. The van der Waals surface area contributed by atoms with E-state index in [9.17, 15) is 9.59 Å². The zero-order chi connectivity index (χ0) is 14.4. The first-order valence-corrected chi connectivity index (χ1v) is 6.01. The molecule has 0 aliphatic heterocycles. The van der Waals surface area contributed by atoms with E-state index < -0.39 is 0 Å². The second kappa shape index (κ2) is 6.35. The summed E-state index contributed by atoms with van der Waals surface area (Å²) in [6, 6.07) is 13.6. The summed E-state index contributed by atoms with van der Waals surface area (Å²) in [5, 5.41) is 0. The first-order valence-electron chi connectivity index (χ1n) is 6.01. The number of hydrogen-bond donors (Lipinski definition) is 0. The fourth-order valence-corrected chi connectivity index (χ4v) is 1.79. The van der Waals surface area contributed by atoms with E-state index in [1.165, 1.54) is 6.07 Å². The van der Waals surface area contributed by atoms with E-state index in [2.05, 4.69) is 5.92 Å². The van der Waals surface area contributed by atoms with Gasteiger partial charge in [0.1, 0.15) is 12.4 Å². The summed E-state index contributed by atoms with van der Waals surface area (Å²) in [6.45, 7) is 0.0762. The van der Waals surface area contributed by atoms with Crippen molar-refractivity contribution in [3.05, 3.63) is 65.2 Å². The van der Waals surface area contributed by atoms with Gasteiger partial charge in [-0.3, -0.25) is 9.59 Å². The third kappa shape index (κ3) is 2.93. The van der Waals surface area contributed by atoms with Crippen LogP contribution in [0.25, 0.3) is 0 Å². The summed E-state index contributed by atoms with van der Waals surface area (Å²) >= 11 is 0. The van der Waals surface area contributed by atoms with Gasteiger partial charge in [0.05, 0.1) is 5.56 Å². The zero-order valence-electron chi connectivity index (χ0n) is 10.7. The summed E-state index contributed by atoms with van der Waals surface area (Å²) in [6.07, 6.45) is 5.75. The lowest BCUT2D eigenvalue weighted by Gasteiger charge is -2.07. The third-order valence-electron chi connectivity index (χ3n) is 2.75. The van der Waals surface area contributed by atoms with E-state index in [1.54, 1.807) is 36.4 Å². The molecule has 0 amide bonds. The molecule has 0 spiro atoms. The van der Waals surface area contributed by atoms with Crippen molar-refractivity contribution in [1.29, 1.82) is 0 Å². The van der Waals surface area contributed by atoms with E-state index in [0.717, 1.165) is 0 Å². The molecule has 98 valence electrons. The molecule has 0 aliphatic carbocycles. The van der Waals surface area contributed by atoms with Crippen LogP contribution in [0.5, 0.6) is 5.75 Å². The van der Waals surface area contributed by atoms with Crippen molar-refractivity contribution in [2.75, 3.05) is 6.61 Å². The Bertz CT molecular complexity index is 666. The van der Waals surface area contributed by atoms with Crippen LogP contribution in [0.15, 0.2) is 48.5 Å². The van der Waals surface area contributed by atoms with Gasteiger partial charge in [0, 0.05) is 11.1 Å². The predicted molar refractivity (Wildman–Crippen MR) is 76.0 cm³/mol. The number of hydrogen-bond acceptors (Lipinski definition) is 3. The molecule has 0 aromatic heterocycles. The highest BCUT2D eigenvalue weighted by molar-refractivity contribution is 6.09. The van der Waals surface area contributed by atoms with E-state index in [1.807, 2.05) is 6.07 Å². The fraction of sp³-hybridized carbons (Fsp3) is 0.0588. The number of terminal acetylenes is 1. The van der Waals surface area contributed by atoms with Crippen molar-refractivity contribution in [3.8, 4) is 18.1 Å². The second-order valence-electron chi connectivity index (χ2n) is 4.06. The van der Waals surface area contributed by atoms with Crippen LogP contribution in [0.3, 0.4) is 0 Å². The Morgan fingerprint density at radius 3 is 2.55 bits per heavy atom. The Balaban J connectivity index is 2.33. The van der Waals surface area contributed by atoms with Gasteiger partial charge in [0.25, 0.3) is 0 Å². The zero-order valence-corrected chi connectivity index (χ0v) is 10.7. The van der Waals surface area contributed by atoms with Gasteiger partial charge in [-0.25, -0.2) is 0 Å². The number of benzene rings is 2. The average Bonchev–Trinajstić information content (AvgIpc) is 2.52. The fourth-order valence-electron chi connectivity index (χ4n) is 1.79. The Hall–Kier alpha value is -2.86. The molecular formula is C17H12O3. The number of rotatable bonds is 5. The molecule has 0 saturated carbocycles. The molecule has 2 aromatic carbocycles. The quantitative estimate of drug-likeness (QED) is 0.474. The lowest BCUT2D eigenvalue weighted by Crippen LogP contribution is -2.04. The molecule has 3 heteroatoms. The van der Waals surface area contributed by atoms with E-state index >= 15 is 0 Å². The van der Waals surface area contributed by atoms with Crippen molar-refractivity contribution < 1.29 is 14.3 Å². The predicted octanol–water partition coefficient (Wildman–Crippen LogP) is 2.74. The minimum Gasteiger partial charge on any atom is -0.480 e. The lowest BCUT2D eigenvalue weighted by atomic mass is 10.0. The highest BCUT2D eigenvalue weighted by Gasteiger charge is 2.11. The number of carbonyl (C=O) groups is 2. The Kier molecular flexibility index (Phi) is 4.31. The SMILES string of the molecule is C#CCOc1ccc(C(=O)c2ccccc2)cc1C=O. The maximum Gasteiger partial charge on any atom is 0.193 e. The van der Waals surface area contributed by atoms with E-state index in [0.29, 0.717) is 28.7 Å². The lowest BCUT2D eigenvalue weighted by molar-refractivity contribution is 0.103. The summed E-state index contributed by atoms with van der Waals surface area (Å²) in [4.78, 5) is 23.3. The largest absolute Gasteiger partial charge is 0.480 e. The standard InChI is InChI=1S/C17H12O3/c1-2-10-20-16-9-8-14(11-15(16)12-18)17(19)13-6-4-3-5-7-13/h1,3-9,11-12H,10H2. The second-order valence-corrected chi connectivity index (χ2v) is 4.06. The molecule has 0 fully saturated rings. The first-order chi connectivity index (χ1) is 9.76. The molecular weight excluding hydrogens is 252 g/mol. The van der Waals surface area contributed by atoms with Crippen LogP contribution in [0.1, 0.15) is 26.3 Å². The minimum absolute atomic E-state index is 0.0762. The number of aldehydes is 1. The van der Waals surface area contributed by atoms with Crippen LogP contribution in [-0.4, -0.2) is 18.7 Å². The van der Waals surface area contributed by atoms with Gasteiger partial charge in [-0.2, -0.15) is 0 Å². The van der Waals surface area contributed by atoms with Crippen LogP contribution in [-0.2, 0) is 0 Å². The first kappa shape index (κ1) is 13.6. The number of ketones is 1. The van der Waals surface area contributed by atoms with Gasteiger partial charge in [-0.05, 0) is 18.2 Å². The van der Waals surface area contributed by atoms with Gasteiger partial charge in [0.2, 0.25) is 0 Å². The van der Waals surface area contributed by atoms with Gasteiger partial charge < -0.3 is 4.74 Å². The van der Waals surface area contributed by atoms with Gasteiger partial charge in [0.15, 0.2) is 12.1 Å².